The Hall–Kier alpha value is -3.50. The molecule has 33 heavy (non-hydrogen) atoms. The van der Waals surface area contributed by atoms with E-state index in [0.717, 1.165) is 10.7 Å². The molecule has 4 rings (SSSR count). The number of amides is 1. The van der Waals surface area contributed by atoms with Crippen molar-refractivity contribution in [3.63, 3.8) is 0 Å². The lowest BCUT2D eigenvalue weighted by Crippen LogP contribution is -2.17. The van der Waals surface area contributed by atoms with E-state index in [4.69, 9.17) is 11.6 Å². The molecule has 0 aliphatic rings. The third kappa shape index (κ3) is 5.29. The van der Waals surface area contributed by atoms with E-state index in [2.05, 4.69) is 25.8 Å². The van der Waals surface area contributed by atoms with Crippen LogP contribution in [-0.2, 0) is 12.8 Å². The minimum absolute atomic E-state index is 0.307. The maximum absolute atomic E-state index is 13.2. The zero-order chi connectivity index (χ0) is 23.4. The number of nitrogens with zero attached hydrogens (tertiary/aromatic N) is 6. The summed E-state index contributed by atoms with van der Waals surface area (Å²) in [6.07, 6.45) is 3.09. The van der Waals surface area contributed by atoms with Gasteiger partial charge in [0.1, 0.15) is 17.3 Å². The van der Waals surface area contributed by atoms with Crippen molar-refractivity contribution in [3.05, 3.63) is 88.2 Å². The highest BCUT2D eigenvalue weighted by Crippen LogP contribution is 2.22. The van der Waals surface area contributed by atoms with Gasteiger partial charge in [0.25, 0.3) is 5.91 Å². The van der Waals surface area contributed by atoms with Crippen molar-refractivity contribution in [3.8, 4) is 5.69 Å². The van der Waals surface area contributed by atoms with Gasteiger partial charge >= 0.3 is 0 Å². The Bertz CT molecular complexity index is 1300. The zero-order valence-corrected chi connectivity index (χ0v) is 19.3. The first-order valence-corrected chi connectivity index (χ1v) is 11.2. The molecule has 0 aliphatic heterocycles. The van der Waals surface area contributed by atoms with Gasteiger partial charge in [-0.1, -0.05) is 35.5 Å². The van der Waals surface area contributed by atoms with Gasteiger partial charge in [0, 0.05) is 18.4 Å². The van der Waals surface area contributed by atoms with Crippen LogP contribution in [0.3, 0.4) is 0 Å². The third-order valence-electron chi connectivity index (χ3n) is 4.73. The van der Waals surface area contributed by atoms with Crippen molar-refractivity contribution in [1.29, 1.82) is 0 Å². The number of hydrogen-bond acceptors (Lipinski definition) is 6. The molecule has 8 nitrogen and oxygen atoms in total. The molecule has 2 aromatic heterocycles. The first-order valence-electron chi connectivity index (χ1n) is 9.82. The fourth-order valence-electron chi connectivity index (χ4n) is 2.93. The Kier molecular flexibility index (Phi) is 6.85. The van der Waals surface area contributed by atoms with Gasteiger partial charge in [-0.25, -0.2) is 14.5 Å². The second-order valence-electron chi connectivity index (χ2n) is 7.09. The minimum Gasteiger partial charge on any atom is -0.312 e. The van der Waals surface area contributed by atoms with Gasteiger partial charge < -0.3 is 4.57 Å². The number of aromatic nitrogens is 5. The van der Waals surface area contributed by atoms with E-state index in [1.54, 1.807) is 49.3 Å². The Labute approximate surface area is 198 Å². The fourth-order valence-corrected chi connectivity index (χ4v) is 4.10. The van der Waals surface area contributed by atoms with Crippen LogP contribution >= 0.6 is 23.4 Å². The summed E-state index contributed by atoms with van der Waals surface area (Å²) in [5.74, 6) is 0.0153. The summed E-state index contributed by atoms with van der Waals surface area (Å²) in [7, 11) is 1.89. The topological polar surface area (TPSA) is 90.0 Å². The molecule has 2 aromatic carbocycles. The molecule has 0 spiro atoms. The van der Waals surface area contributed by atoms with Gasteiger partial charge in [0.05, 0.1) is 23.2 Å². The fraction of sp³-hybridized carbons (Fsp3) is 0.136. The summed E-state index contributed by atoms with van der Waals surface area (Å²) in [4.78, 5) is 12.4. The van der Waals surface area contributed by atoms with Crippen molar-refractivity contribution in [2.75, 3.05) is 0 Å². The molecule has 168 valence electrons. The minimum atomic E-state index is -0.349. The largest absolute Gasteiger partial charge is 0.312 e. The monoisotopic (exact) mass is 483 g/mol. The molecule has 11 heteroatoms. The average Bonchev–Trinajstić information content (AvgIpc) is 3.35. The number of thioether (sulfide) groups is 1. The van der Waals surface area contributed by atoms with Gasteiger partial charge in [-0.15, -0.1) is 10.2 Å². The first-order chi connectivity index (χ1) is 15.9. The molecule has 1 N–H and O–H groups in total. The number of hydrogen-bond donors (Lipinski definition) is 1. The van der Waals surface area contributed by atoms with Crippen LogP contribution in [-0.4, -0.2) is 36.7 Å². The summed E-state index contributed by atoms with van der Waals surface area (Å²) < 4.78 is 16.5. The summed E-state index contributed by atoms with van der Waals surface area (Å²) in [6.45, 7) is 1.77. The molecule has 0 saturated carbocycles. The van der Waals surface area contributed by atoms with E-state index < -0.39 is 0 Å². The SMILES string of the molecule is Cc1nn(-c2ccc(F)cc2)c(Cl)c1/C=N/NC(=O)c1ccc(CSc2nncn2C)cc1. The van der Waals surface area contributed by atoms with Gasteiger partial charge in [0.2, 0.25) is 0 Å². The zero-order valence-electron chi connectivity index (χ0n) is 17.7. The lowest BCUT2D eigenvalue weighted by atomic mass is 10.1. The maximum atomic E-state index is 13.2. The Morgan fingerprint density at radius 3 is 2.61 bits per heavy atom. The van der Waals surface area contributed by atoms with Crippen molar-refractivity contribution in [2.45, 2.75) is 17.8 Å². The smallest absolute Gasteiger partial charge is 0.271 e. The maximum Gasteiger partial charge on any atom is 0.271 e. The third-order valence-corrected chi connectivity index (χ3v) is 6.20. The molecule has 1 amide bonds. The van der Waals surface area contributed by atoms with Crippen LogP contribution in [0.4, 0.5) is 4.39 Å². The van der Waals surface area contributed by atoms with Crippen molar-refractivity contribution < 1.29 is 9.18 Å². The summed E-state index contributed by atoms with van der Waals surface area (Å²) in [6, 6.07) is 13.1. The van der Waals surface area contributed by atoms with E-state index in [0.29, 0.717) is 33.4 Å². The molecule has 2 heterocycles. The highest BCUT2D eigenvalue weighted by atomic mass is 35.5. The second kappa shape index (κ2) is 9.97. The van der Waals surface area contributed by atoms with Crippen LogP contribution in [0.25, 0.3) is 5.69 Å². The van der Waals surface area contributed by atoms with Crippen LogP contribution in [0.5, 0.6) is 0 Å². The molecule has 4 aromatic rings. The highest BCUT2D eigenvalue weighted by molar-refractivity contribution is 7.98. The molecule has 0 saturated heterocycles. The van der Waals surface area contributed by atoms with Crippen LogP contribution in [0, 0.1) is 12.7 Å². The predicted molar refractivity (Wildman–Crippen MR) is 125 cm³/mol. The lowest BCUT2D eigenvalue weighted by Gasteiger charge is -2.04. The van der Waals surface area contributed by atoms with E-state index >= 15 is 0 Å². The highest BCUT2D eigenvalue weighted by Gasteiger charge is 2.13. The van der Waals surface area contributed by atoms with Crippen LogP contribution in [0.2, 0.25) is 5.15 Å². The van der Waals surface area contributed by atoms with E-state index in [1.807, 2.05) is 23.7 Å². The van der Waals surface area contributed by atoms with Crippen LogP contribution in [0.15, 0.2) is 65.1 Å². The number of aryl methyl sites for hydroxylation is 2. The molecule has 0 aliphatic carbocycles. The number of carbonyl (C=O) groups excluding carboxylic acids is 1. The number of nitrogens with one attached hydrogen (secondary N) is 1. The molecule has 0 atom stereocenters. The number of benzene rings is 2. The average molecular weight is 484 g/mol. The van der Waals surface area contributed by atoms with E-state index in [1.165, 1.54) is 23.0 Å². The molecule has 0 radical (unpaired) electrons. The van der Waals surface area contributed by atoms with Crippen molar-refractivity contribution >= 4 is 35.5 Å². The molecule has 0 bridgehead atoms. The number of hydrazone groups is 1. The molecule has 0 unspecified atom stereocenters. The van der Waals surface area contributed by atoms with Gasteiger partial charge in [0.15, 0.2) is 5.16 Å². The summed E-state index contributed by atoms with van der Waals surface area (Å²) >= 11 is 7.98. The van der Waals surface area contributed by atoms with Crippen LogP contribution in [0.1, 0.15) is 27.2 Å². The number of halogens is 2. The summed E-state index contributed by atoms with van der Waals surface area (Å²) in [5, 5.41) is 17.4. The lowest BCUT2D eigenvalue weighted by molar-refractivity contribution is 0.0955. The second-order valence-corrected chi connectivity index (χ2v) is 8.39. The quantitative estimate of drug-likeness (QED) is 0.242. The normalized spacial score (nSPS) is 11.3. The predicted octanol–water partition coefficient (Wildman–Crippen LogP) is 4.16. The van der Waals surface area contributed by atoms with Gasteiger partial charge in [-0.2, -0.15) is 10.2 Å². The number of carbonyl (C=O) groups is 1. The standard InChI is InChI=1S/C22H19ClFN7OS/c1-14-19(20(23)31(29-14)18-9-7-17(24)8-10-18)11-25-27-21(32)16-5-3-15(4-6-16)12-33-22-28-26-13-30(22)2/h3-11,13H,12H2,1-2H3,(H,27,32)/b25-11+. The van der Waals surface area contributed by atoms with E-state index in [-0.39, 0.29) is 11.7 Å². The Morgan fingerprint density at radius 2 is 1.94 bits per heavy atom. The molecular weight excluding hydrogens is 465 g/mol. The molecular formula is C22H19ClFN7OS. The molecule has 0 fully saturated rings. The van der Waals surface area contributed by atoms with Gasteiger partial charge in [-0.05, 0) is 48.9 Å². The van der Waals surface area contributed by atoms with Crippen molar-refractivity contribution in [2.24, 2.45) is 12.1 Å². The Morgan fingerprint density at radius 1 is 1.21 bits per heavy atom. The van der Waals surface area contributed by atoms with E-state index in [9.17, 15) is 9.18 Å². The Balaban J connectivity index is 1.38. The summed E-state index contributed by atoms with van der Waals surface area (Å²) in [5.41, 5.74) is 5.82. The van der Waals surface area contributed by atoms with Crippen molar-refractivity contribution in [1.82, 2.24) is 30.0 Å². The van der Waals surface area contributed by atoms with Crippen LogP contribution < -0.4 is 5.43 Å². The van der Waals surface area contributed by atoms with Gasteiger partial charge in [-0.3, -0.25) is 4.79 Å². The number of rotatable bonds is 7. The first kappa shape index (κ1) is 22.7.